The molecule has 0 fully saturated rings. The minimum Gasteiger partial charge on any atom is -0.430 e. The summed E-state index contributed by atoms with van der Waals surface area (Å²) in [5.74, 6) is 0. The summed E-state index contributed by atoms with van der Waals surface area (Å²) in [6, 6.07) is 5.66. The number of hydrogen-bond donors (Lipinski definition) is 0. The van der Waals surface area contributed by atoms with Gasteiger partial charge in [0.2, 0.25) is 0 Å². The molecule has 0 aliphatic heterocycles. The molecule has 2 nitrogen and oxygen atoms in total. The van der Waals surface area contributed by atoms with Gasteiger partial charge in [0.05, 0.1) is 0 Å². The normalized spacial score (nSPS) is 16.1. The second-order valence-corrected chi connectivity index (χ2v) is 69.6. The highest BCUT2D eigenvalue weighted by Gasteiger charge is 2.57. The van der Waals surface area contributed by atoms with Crippen LogP contribution >= 0.6 is 0 Å². The third-order valence-electron chi connectivity index (χ3n) is 9.55. The van der Waals surface area contributed by atoms with Gasteiger partial charge < -0.3 is 8.23 Å². The summed E-state index contributed by atoms with van der Waals surface area (Å²) in [7, 11) is -17.7. The molecule has 0 aromatic heterocycles. The minimum atomic E-state index is -3.27. The standard InChI is InChI=1S/C38H80O2Si9/c1-41(2,3)36(42(4,5)6)31-29-33(37(43(7,8)9)44(10,11)12)35(34(30-31)38(45(13,14)15)46(16,17)18)49(39-47(19,20)21,40-48(22,23)24)32-27-25-26-28-32/h25-27,29-30,36-38H,1-24H3. The SMILES string of the molecule is C[Si](C)(C)O[Si](O[Si](C)(C)C)(C1=C=CC=C1)c1c(C([Si](C)(C)C)[Si](C)(C)C)cc(C([Si](C)(C)C)[Si](C)(C)C)cc1C([Si](C)(C)C)[Si](C)(C)C. The Balaban J connectivity index is 3.72. The van der Waals surface area contributed by atoms with E-state index in [0.29, 0.717) is 15.5 Å². The van der Waals surface area contributed by atoms with Crippen molar-refractivity contribution in [2.24, 2.45) is 0 Å². The predicted octanol–water partition coefficient (Wildman–Crippen LogP) is 12.7. The Kier molecular flexibility index (Phi) is 13.5. The molecule has 0 unspecified atom stereocenters. The van der Waals surface area contributed by atoms with E-state index in [1.807, 2.05) is 0 Å². The lowest BCUT2D eigenvalue weighted by atomic mass is 10.1. The highest BCUT2D eigenvalue weighted by Crippen LogP contribution is 2.46. The van der Waals surface area contributed by atoms with Crippen LogP contribution in [0.2, 0.25) is 157 Å². The van der Waals surface area contributed by atoms with Crippen LogP contribution in [-0.2, 0) is 8.23 Å². The molecule has 280 valence electrons. The zero-order valence-corrected chi connectivity index (χ0v) is 45.9. The van der Waals surface area contributed by atoms with Crippen LogP contribution in [0, 0.1) is 0 Å². The van der Waals surface area contributed by atoms with Crippen molar-refractivity contribution >= 4 is 78.8 Å². The summed E-state index contributed by atoms with van der Waals surface area (Å²) in [6.45, 7) is 62.2. The van der Waals surface area contributed by atoms with Crippen LogP contribution in [0.3, 0.4) is 0 Å². The first-order valence-electron chi connectivity index (χ1n) is 19.1. The molecule has 0 radical (unpaired) electrons. The Morgan fingerprint density at radius 1 is 0.449 bits per heavy atom. The van der Waals surface area contributed by atoms with E-state index in [4.69, 9.17) is 8.23 Å². The van der Waals surface area contributed by atoms with Crippen LogP contribution in [-0.4, -0.2) is 73.6 Å². The Morgan fingerprint density at radius 2 is 0.755 bits per heavy atom. The van der Waals surface area contributed by atoms with E-state index in [-0.39, 0.29) is 0 Å². The molecule has 11 heteroatoms. The lowest BCUT2D eigenvalue weighted by Gasteiger charge is -2.50. The molecule has 1 aromatic carbocycles. The molecule has 0 N–H and O–H groups in total. The summed E-state index contributed by atoms with van der Waals surface area (Å²) < 4.78 is 15.9. The molecule has 1 aliphatic rings. The zero-order chi connectivity index (χ0) is 38.8. The van der Waals surface area contributed by atoms with Gasteiger partial charge in [-0.1, -0.05) is 136 Å². The smallest absolute Gasteiger partial charge is 0.395 e. The maximum absolute atomic E-state index is 7.94. The van der Waals surface area contributed by atoms with Crippen molar-refractivity contribution < 1.29 is 8.23 Å². The van der Waals surface area contributed by atoms with Crippen molar-refractivity contribution in [2.45, 2.75) is 173 Å². The van der Waals surface area contributed by atoms with Crippen LogP contribution in [0.1, 0.15) is 32.2 Å². The minimum absolute atomic E-state index is 0.582. The number of rotatable bonds is 15. The lowest BCUT2D eigenvalue weighted by molar-refractivity contribution is 0.408. The van der Waals surface area contributed by atoms with Crippen LogP contribution in [0.15, 0.2) is 41.3 Å². The van der Waals surface area contributed by atoms with Gasteiger partial charge in [0.15, 0.2) is 16.6 Å². The molecule has 49 heavy (non-hydrogen) atoms. The first kappa shape index (κ1) is 45.5. The van der Waals surface area contributed by atoms with E-state index in [1.165, 1.54) is 5.20 Å². The molecule has 0 bridgehead atoms. The summed E-state index contributed by atoms with van der Waals surface area (Å²) >= 11 is 0. The highest BCUT2D eigenvalue weighted by molar-refractivity contribution is 7.02. The van der Waals surface area contributed by atoms with Crippen LogP contribution in [0.4, 0.5) is 0 Å². The number of allylic oxidation sites excluding steroid dienone is 3. The van der Waals surface area contributed by atoms with Gasteiger partial charge in [0.25, 0.3) is 0 Å². The molecule has 2 rings (SSSR count). The van der Waals surface area contributed by atoms with Crippen LogP contribution in [0.5, 0.6) is 0 Å². The van der Waals surface area contributed by atoms with Crippen molar-refractivity contribution in [3.05, 3.63) is 58.0 Å². The topological polar surface area (TPSA) is 18.5 Å². The van der Waals surface area contributed by atoms with Gasteiger partial charge in [-0.05, 0) is 83.6 Å². The van der Waals surface area contributed by atoms with E-state index in [1.54, 1.807) is 21.9 Å². The van der Waals surface area contributed by atoms with Gasteiger partial charge >= 0.3 is 8.56 Å². The Morgan fingerprint density at radius 3 is 0.980 bits per heavy atom. The number of hydrogen-bond acceptors (Lipinski definition) is 2. The van der Waals surface area contributed by atoms with Crippen molar-refractivity contribution in [2.75, 3.05) is 0 Å². The summed E-state index contributed by atoms with van der Waals surface area (Å²) in [5.41, 5.74) is 8.80. The molecule has 0 atom stereocenters. The molecular weight excluding hydrogens is 741 g/mol. The number of benzene rings is 1. The molecule has 0 saturated carbocycles. The molecule has 0 amide bonds. The van der Waals surface area contributed by atoms with Crippen molar-refractivity contribution in [1.29, 1.82) is 0 Å². The van der Waals surface area contributed by atoms with Gasteiger partial charge in [-0.2, -0.15) is 0 Å². The predicted molar refractivity (Wildman–Crippen MR) is 250 cm³/mol. The average Bonchev–Trinajstić information content (AvgIpc) is 3.25. The Bertz CT molecular complexity index is 1320. The second kappa shape index (κ2) is 14.5. The van der Waals surface area contributed by atoms with E-state index in [2.05, 4.69) is 193 Å². The average molecular weight is 822 g/mol. The fourth-order valence-electron chi connectivity index (χ4n) is 10.2. The zero-order valence-electron chi connectivity index (χ0n) is 36.9. The van der Waals surface area contributed by atoms with Gasteiger partial charge in [0, 0.05) is 58.8 Å². The van der Waals surface area contributed by atoms with Crippen molar-refractivity contribution in [3.8, 4) is 0 Å². The Labute approximate surface area is 315 Å². The van der Waals surface area contributed by atoms with Gasteiger partial charge in [-0.25, -0.2) is 0 Å². The van der Waals surface area contributed by atoms with Crippen LogP contribution in [0.25, 0.3) is 0 Å². The summed E-state index contributed by atoms with van der Waals surface area (Å²) in [6.07, 6.45) is 6.65. The second-order valence-electron chi connectivity index (χ2n) is 23.7. The molecule has 0 saturated heterocycles. The maximum atomic E-state index is 7.94. The summed E-state index contributed by atoms with van der Waals surface area (Å²) in [5, 5.41) is 4.61. The third-order valence-corrected chi connectivity index (χ3v) is 46.9. The van der Waals surface area contributed by atoms with E-state index in [9.17, 15) is 0 Å². The maximum Gasteiger partial charge on any atom is 0.395 e. The first-order valence-corrected chi connectivity index (χ1v) is 49.2. The fraction of sp³-hybridized carbons (Fsp3) is 0.711. The van der Waals surface area contributed by atoms with E-state index >= 15 is 0 Å². The molecule has 0 spiro atoms. The third kappa shape index (κ3) is 11.4. The van der Waals surface area contributed by atoms with Crippen molar-refractivity contribution in [1.82, 2.24) is 0 Å². The summed E-state index contributed by atoms with van der Waals surface area (Å²) in [4.78, 5) is 0. The Hall–Kier alpha value is 0.352. The monoisotopic (exact) mass is 820 g/mol. The lowest BCUT2D eigenvalue weighted by Crippen LogP contribution is -2.67. The molecule has 1 aromatic rings. The van der Waals surface area contributed by atoms with Crippen molar-refractivity contribution in [3.63, 3.8) is 0 Å². The molecule has 1 aliphatic carbocycles. The molecular formula is C38H80O2Si9. The highest BCUT2D eigenvalue weighted by atomic mass is 28.5. The van der Waals surface area contributed by atoms with Gasteiger partial charge in [-0.3, -0.25) is 0 Å². The van der Waals surface area contributed by atoms with Crippen LogP contribution < -0.4 is 5.19 Å². The van der Waals surface area contributed by atoms with Gasteiger partial charge in [-0.15, -0.1) is 5.73 Å². The van der Waals surface area contributed by atoms with E-state index < -0.39 is 73.6 Å². The van der Waals surface area contributed by atoms with Gasteiger partial charge in [0.1, 0.15) is 0 Å². The van der Waals surface area contributed by atoms with E-state index in [0.717, 1.165) is 0 Å². The fourth-order valence-corrected chi connectivity index (χ4v) is 60.2. The largest absolute Gasteiger partial charge is 0.430 e. The first-order chi connectivity index (χ1) is 21.3. The molecule has 0 heterocycles. The quantitative estimate of drug-likeness (QED) is 0.130.